The molecule has 2 aromatic rings. The Morgan fingerprint density at radius 2 is 1.95 bits per heavy atom. The number of benzene rings is 2. The van der Waals surface area contributed by atoms with Crippen molar-refractivity contribution in [2.24, 2.45) is 0 Å². The minimum Gasteiger partial charge on any atom is -0.504 e. The first kappa shape index (κ1) is 14.4. The molecule has 1 unspecified atom stereocenters. The van der Waals surface area contributed by atoms with Crippen LogP contribution >= 0.6 is 0 Å². The fraction of sp³-hybridized carbons (Fsp3) is 0.294. The lowest BCUT2D eigenvalue weighted by Gasteiger charge is -2.17. The molecule has 2 N–H and O–H groups in total. The lowest BCUT2D eigenvalue weighted by atomic mass is 10.0. The van der Waals surface area contributed by atoms with Crippen LogP contribution in [0.2, 0.25) is 0 Å². The first-order valence-electron chi connectivity index (χ1n) is 6.76. The number of rotatable bonds is 5. The van der Waals surface area contributed by atoms with Gasteiger partial charge in [0.1, 0.15) is 0 Å². The number of phenols is 1. The molecule has 0 amide bonds. The van der Waals surface area contributed by atoms with Crippen LogP contribution in [-0.4, -0.2) is 12.2 Å². The quantitative estimate of drug-likeness (QED) is 0.873. The molecule has 0 aliphatic heterocycles. The van der Waals surface area contributed by atoms with E-state index >= 15 is 0 Å². The number of hydrogen-bond acceptors (Lipinski definition) is 3. The molecule has 0 saturated heterocycles. The molecule has 3 nitrogen and oxygen atoms in total. The van der Waals surface area contributed by atoms with E-state index in [9.17, 15) is 5.11 Å². The lowest BCUT2D eigenvalue weighted by molar-refractivity contribution is 0.372. The van der Waals surface area contributed by atoms with Gasteiger partial charge >= 0.3 is 0 Å². The van der Waals surface area contributed by atoms with Gasteiger partial charge in [0.15, 0.2) is 11.5 Å². The van der Waals surface area contributed by atoms with Crippen molar-refractivity contribution >= 4 is 0 Å². The van der Waals surface area contributed by atoms with Crippen molar-refractivity contribution in [2.45, 2.75) is 26.4 Å². The van der Waals surface area contributed by atoms with Crippen LogP contribution in [-0.2, 0) is 6.54 Å². The average Bonchev–Trinajstić information content (AvgIpc) is 2.46. The second kappa shape index (κ2) is 6.44. The van der Waals surface area contributed by atoms with Crippen molar-refractivity contribution in [3.8, 4) is 11.5 Å². The minimum atomic E-state index is 0.170. The molecule has 0 aliphatic rings. The number of methoxy groups -OCH3 is 1. The summed E-state index contributed by atoms with van der Waals surface area (Å²) < 4.78 is 5.12. The SMILES string of the molecule is COc1cc(CNC(C)c2ccccc2C)ccc1O. The van der Waals surface area contributed by atoms with Crippen molar-refractivity contribution in [3.05, 3.63) is 59.2 Å². The Morgan fingerprint density at radius 3 is 2.65 bits per heavy atom. The molecule has 3 heteroatoms. The third-order valence-corrected chi connectivity index (χ3v) is 3.51. The summed E-state index contributed by atoms with van der Waals surface area (Å²) in [5, 5.41) is 13.1. The molecule has 2 aromatic carbocycles. The molecule has 0 heterocycles. The molecule has 0 radical (unpaired) electrons. The summed E-state index contributed by atoms with van der Waals surface area (Å²) in [6.45, 7) is 5.00. The highest BCUT2D eigenvalue weighted by molar-refractivity contribution is 5.41. The Bertz CT molecular complexity index is 581. The van der Waals surface area contributed by atoms with Gasteiger partial charge in [-0.15, -0.1) is 0 Å². The number of aryl methyl sites for hydroxylation is 1. The summed E-state index contributed by atoms with van der Waals surface area (Å²) >= 11 is 0. The Labute approximate surface area is 120 Å². The predicted molar refractivity (Wildman–Crippen MR) is 81.1 cm³/mol. The minimum absolute atomic E-state index is 0.170. The van der Waals surface area contributed by atoms with Gasteiger partial charge in [-0.2, -0.15) is 0 Å². The Balaban J connectivity index is 2.03. The maximum Gasteiger partial charge on any atom is 0.160 e. The van der Waals surface area contributed by atoms with E-state index in [-0.39, 0.29) is 11.8 Å². The Kier molecular flexibility index (Phi) is 4.64. The molecule has 0 fully saturated rings. The fourth-order valence-electron chi connectivity index (χ4n) is 2.29. The van der Waals surface area contributed by atoms with Gasteiger partial charge in [-0.3, -0.25) is 0 Å². The van der Waals surface area contributed by atoms with Gasteiger partial charge in [-0.05, 0) is 42.7 Å². The summed E-state index contributed by atoms with van der Waals surface area (Å²) in [4.78, 5) is 0. The molecule has 0 spiro atoms. The molecular formula is C17H21NO2. The van der Waals surface area contributed by atoms with Gasteiger partial charge in [0, 0.05) is 12.6 Å². The highest BCUT2D eigenvalue weighted by Gasteiger charge is 2.08. The van der Waals surface area contributed by atoms with Crippen molar-refractivity contribution in [1.82, 2.24) is 5.32 Å². The van der Waals surface area contributed by atoms with Crippen molar-refractivity contribution in [2.75, 3.05) is 7.11 Å². The molecular weight excluding hydrogens is 250 g/mol. The monoisotopic (exact) mass is 271 g/mol. The maximum absolute atomic E-state index is 9.58. The first-order chi connectivity index (χ1) is 9.61. The average molecular weight is 271 g/mol. The van der Waals surface area contributed by atoms with E-state index in [0.717, 1.165) is 12.1 Å². The summed E-state index contributed by atoms with van der Waals surface area (Å²) in [5.41, 5.74) is 3.68. The van der Waals surface area contributed by atoms with Crippen molar-refractivity contribution in [1.29, 1.82) is 0 Å². The highest BCUT2D eigenvalue weighted by Crippen LogP contribution is 2.26. The van der Waals surface area contributed by atoms with Crippen LogP contribution in [0, 0.1) is 6.92 Å². The molecule has 0 aliphatic carbocycles. The van der Waals surface area contributed by atoms with Crippen LogP contribution in [0.5, 0.6) is 11.5 Å². The van der Waals surface area contributed by atoms with Gasteiger partial charge in [0.25, 0.3) is 0 Å². The third-order valence-electron chi connectivity index (χ3n) is 3.51. The lowest BCUT2D eigenvalue weighted by Crippen LogP contribution is -2.18. The second-order valence-electron chi connectivity index (χ2n) is 4.97. The molecule has 106 valence electrons. The number of hydrogen-bond donors (Lipinski definition) is 2. The largest absolute Gasteiger partial charge is 0.504 e. The van der Waals surface area contributed by atoms with Gasteiger partial charge in [-0.1, -0.05) is 30.3 Å². The second-order valence-corrected chi connectivity index (χ2v) is 4.97. The predicted octanol–water partition coefficient (Wildman–Crippen LogP) is 3.56. The number of aromatic hydroxyl groups is 1. The van der Waals surface area contributed by atoms with Gasteiger partial charge < -0.3 is 15.2 Å². The Morgan fingerprint density at radius 1 is 1.20 bits per heavy atom. The van der Waals surface area contributed by atoms with Gasteiger partial charge in [0.2, 0.25) is 0 Å². The smallest absolute Gasteiger partial charge is 0.160 e. The zero-order chi connectivity index (χ0) is 14.5. The van der Waals surface area contributed by atoms with Crippen molar-refractivity contribution < 1.29 is 9.84 Å². The van der Waals surface area contributed by atoms with Gasteiger partial charge in [-0.25, -0.2) is 0 Å². The molecule has 1 atom stereocenters. The highest BCUT2D eigenvalue weighted by atomic mass is 16.5. The summed E-state index contributed by atoms with van der Waals surface area (Å²) in [7, 11) is 1.56. The van der Waals surface area contributed by atoms with Crippen LogP contribution in [0.4, 0.5) is 0 Å². The standard InChI is InChI=1S/C17H21NO2/c1-12-6-4-5-7-15(12)13(2)18-11-14-8-9-16(19)17(10-14)20-3/h4-10,13,18-19H,11H2,1-3H3. The number of nitrogens with one attached hydrogen (secondary N) is 1. The summed E-state index contributed by atoms with van der Waals surface area (Å²) in [6.07, 6.45) is 0. The Hall–Kier alpha value is -2.00. The summed E-state index contributed by atoms with van der Waals surface area (Å²) in [5.74, 6) is 0.677. The number of phenolic OH excluding ortho intramolecular Hbond substituents is 1. The van der Waals surface area contributed by atoms with E-state index in [1.54, 1.807) is 13.2 Å². The molecule has 0 aromatic heterocycles. The van der Waals surface area contributed by atoms with Crippen molar-refractivity contribution in [3.63, 3.8) is 0 Å². The van der Waals surface area contributed by atoms with Crippen LogP contribution in [0.3, 0.4) is 0 Å². The van der Waals surface area contributed by atoms with Crippen LogP contribution in [0.1, 0.15) is 29.7 Å². The topological polar surface area (TPSA) is 41.5 Å². The van der Waals surface area contributed by atoms with Crippen LogP contribution in [0.25, 0.3) is 0 Å². The first-order valence-corrected chi connectivity index (χ1v) is 6.76. The van der Waals surface area contributed by atoms with E-state index in [0.29, 0.717) is 5.75 Å². The molecule has 0 bridgehead atoms. The van der Waals surface area contributed by atoms with E-state index in [1.807, 2.05) is 12.1 Å². The normalized spacial score (nSPS) is 12.2. The summed E-state index contributed by atoms with van der Waals surface area (Å²) in [6, 6.07) is 14.1. The zero-order valence-electron chi connectivity index (χ0n) is 12.2. The van der Waals surface area contributed by atoms with E-state index < -0.39 is 0 Å². The zero-order valence-corrected chi connectivity index (χ0v) is 12.2. The molecule has 2 rings (SSSR count). The van der Waals surface area contributed by atoms with Crippen LogP contribution < -0.4 is 10.1 Å². The third kappa shape index (κ3) is 3.31. The van der Waals surface area contributed by atoms with E-state index in [1.165, 1.54) is 11.1 Å². The van der Waals surface area contributed by atoms with Gasteiger partial charge in [0.05, 0.1) is 7.11 Å². The van der Waals surface area contributed by atoms with Crippen LogP contribution in [0.15, 0.2) is 42.5 Å². The maximum atomic E-state index is 9.58. The van der Waals surface area contributed by atoms with E-state index in [4.69, 9.17) is 4.74 Å². The molecule has 0 saturated carbocycles. The fourth-order valence-corrected chi connectivity index (χ4v) is 2.29. The molecule has 20 heavy (non-hydrogen) atoms. The van der Waals surface area contributed by atoms with E-state index in [2.05, 4.69) is 43.4 Å². The number of ether oxygens (including phenoxy) is 1.